The number of hydrazone groups is 1. The molecule has 0 fully saturated rings. The largest absolute Gasteiger partial charge is 0.416 e. The Labute approximate surface area is 166 Å². The third-order valence-corrected chi connectivity index (χ3v) is 3.87. The van der Waals surface area contributed by atoms with Crippen LogP contribution in [0.2, 0.25) is 0 Å². The fourth-order valence-corrected chi connectivity index (χ4v) is 2.32. The van der Waals surface area contributed by atoms with Crippen LogP contribution in [0.15, 0.2) is 53.6 Å². The number of amides is 2. The van der Waals surface area contributed by atoms with Gasteiger partial charge in [0, 0.05) is 38.3 Å². The maximum absolute atomic E-state index is 12.7. The summed E-state index contributed by atoms with van der Waals surface area (Å²) < 4.78 is 38.0. The molecule has 0 spiro atoms. The molecule has 0 radical (unpaired) electrons. The summed E-state index contributed by atoms with van der Waals surface area (Å²) in [7, 11) is 3.85. The zero-order chi connectivity index (χ0) is 21.4. The molecule has 0 heterocycles. The first-order valence-corrected chi connectivity index (χ1v) is 8.71. The van der Waals surface area contributed by atoms with Gasteiger partial charge in [0.1, 0.15) is 0 Å². The average Bonchev–Trinajstić information content (AvgIpc) is 2.66. The molecule has 9 heteroatoms. The maximum Gasteiger partial charge on any atom is 0.416 e. The van der Waals surface area contributed by atoms with E-state index >= 15 is 0 Å². The summed E-state index contributed by atoms with van der Waals surface area (Å²) in [6.45, 7) is 0. The Bertz CT molecular complexity index is 878. The van der Waals surface area contributed by atoms with E-state index in [9.17, 15) is 22.8 Å². The van der Waals surface area contributed by atoms with E-state index in [0.717, 1.165) is 23.4 Å². The molecular weight excluding hydrogens is 385 g/mol. The van der Waals surface area contributed by atoms with Gasteiger partial charge in [0.15, 0.2) is 0 Å². The fourth-order valence-electron chi connectivity index (χ4n) is 2.32. The predicted octanol–water partition coefficient (Wildman–Crippen LogP) is 3.64. The van der Waals surface area contributed by atoms with Gasteiger partial charge >= 0.3 is 6.18 Å². The zero-order valence-corrected chi connectivity index (χ0v) is 16.0. The molecule has 0 atom stereocenters. The predicted molar refractivity (Wildman–Crippen MR) is 106 cm³/mol. The molecule has 2 amide bonds. The van der Waals surface area contributed by atoms with Crippen LogP contribution in [0.1, 0.15) is 24.0 Å². The van der Waals surface area contributed by atoms with Gasteiger partial charge < -0.3 is 10.2 Å². The van der Waals surface area contributed by atoms with Crippen molar-refractivity contribution in [3.05, 3.63) is 59.7 Å². The first kappa shape index (κ1) is 21.9. The molecule has 0 aliphatic carbocycles. The second-order valence-corrected chi connectivity index (χ2v) is 6.41. The Hall–Kier alpha value is -3.36. The molecule has 0 unspecified atom stereocenters. The molecule has 0 aliphatic rings. The summed E-state index contributed by atoms with van der Waals surface area (Å²) in [5.74, 6) is -1.05. The van der Waals surface area contributed by atoms with E-state index in [1.54, 1.807) is 0 Å². The summed E-state index contributed by atoms with van der Waals surface area (Å²) >= 11 is 0. The van der Waals surface area contributed by atoms with Crippen LogP contribution in [0.3, 0.4) is 0 Å². The van der Waals surface area contributed by atoms with E-state index in [1.165, 1.54) is 18.3 Å². The van der Waals surface area contributed by atoms with E-state index < -0.39 is 23.6 Å². The summed E-state index contributed by atoms with van der Waals surface area (Å²) in [5, 5.41) is 6.17. The highest BCUT2D eigenvalue weighted by Gasteiger charge is 2.30. The first-order chi connectivity index (χ1) is 13.6. The van der Waals surface area contributed by atoms with Gasteiger partial charge in [-0.1, -0.05) is 18.2 Å². The lowest BCUT2D eigenvalue weighted by Gasteiger charge is -2.11. The van der Waals surface area contributed by atoms with Crippen molar-refractivity contribution in [2.24, 2.45) is 5.10 Å². The zero-order valence-electron chi connectivity index (χ0n) is 16.0. The average molecular weight is 406 g/mol. The van der Waals surface area contributed by atoms with Crippen molar-refractivity contribution in [2.75, 3.05) is 24.3 Å². The molecule has 2 N–H and O–H groups in total. The normalized spacial score (nSPS) is 11.3. The minimum atomic E-state index is -4.49. The van der Waals surface area contributed by atoms with E-state index in [1.807, 2.05) is 43.3 Å². The second kappa shape index (κ2) is 9.72. The number of halogens is 3. The number of alkyl halides is 3. The molecule has 0 saturated carbocycles. The third-order valence-electron chi connectivity index (χ3n) is 3.87. The smallest absolute Gasteiger partial charge is 0.378 e. The van der Waals surface area contributed by atoms with E-state index in [-0.39, 0.29) is 18.5 Å². The molecule has 2 aromatic carbocycles. The summed E-state index contributed by atoms with van der Waals surface area (Å²) in [6.07, 6.45) is -3.36. The Kier molecular flexibility index (Phi) is 7.35. The molecular formula is C20H21F3N4O2. The molecule has 0 aromatic heterocycles. The lowest BCUT2D eigenvalue weighted by atomic mass is 10.2. The number of nitrogens with one attached hydrogen (secondary N) is 2. The van der Waals surface area contributed by atoms with Crippen molar-refractivity contribution in [2.45, 2.75) is 19.0 Å². The number of hydrogen-bond acceptors (Lipinski definition) is 4. The van der Waals surface area contributed by atoms with Crippen molar-refractivity contribution in [1.82, 2.24) is 5.43 Å². The Morgan fingerprint density at radius 3 is 2.31 bits per heavy atom. The summed E-state index contributed by atoms with van der Waals surface area (Å²) in [5.41, 5.74) is 3.28. The van der Waals surface area contributed by atoms with Crippen LogP contribution in [-0.2, 0) is 15.8 Å². The number of carbonyl (C=O) groups excluding carboxylic acids is 2. The molecule has 2 aromatic rings. The van der Waals surface area contributed by atoms with Crippen molar-refractivity contribution < 1.29 is 22.8 Å². The van der Waals surface area contributed by atoms with E-state index in [0.29, 0.717) is 0 Å². The molecule has 2 rings (SSSR count). The molecule has 6 nitrogen and oxygen atoms in total. The van der Waals surface area contributed by atoms with Crippen molar-refractivity contribution in [3.63, 3.8) is 0 Å². The lowest BCUT2D eigenvalue weighted by molar-refractivity contribution is -0.137. The highest BCUT2D eigenvalue weighted by molar-refractivity contribution is 5.93. The number of hydrogen-bond donors (Lipinski definition) is 2. The van der Waals surface area contributed by atoms with Gasteiger partial charge in [0.25, 0.3) is 0 Å². The van der Waals surface area contributed by atoms with Crippen molar-refractivity contribution in [1.29, 1.82) is 0 Å². The number of carbonyl (C=O) groups is 2. The molecule has 0 bridgehead atoms. The molecule has 29 heavy (non-hydrogen) atoms. The van der Waals surface area contributed by atoms with Gasteiger partial charge in [-0.25, -0.2) is 5.43 Å². The van der Waals surface area contributed by atoms with Crippen molar-refractivity contribution >= 4 is 29.4 Å². The number of nitrogens with zero attached hydrogens (tertiary/aromatic N) is 2. The standard InChI is InChI=1S/C20H21F3N4O2/c1-27(2)17-8-6-14(7-9-17)13-24-26-19(29)11-10-18(28)25-16-5-3-4-15(12-16)20(21,22)23/h3-9,12-13H,10-11H2,1-2H3,(H,25,28)(H,26,29). The number of rotatable bonds is 7. The summed E-state index contributed by atoms with van der Waals surface area (Å²) in [4.78, 5) is 25.6. The van der Waals surface area contributed by atoms with Crippen molar-refractivity contribution in [3.8, 4) is 0 Å². The molecule has 154 valence electrons. The lowest BCUT2D eigenvalue weighted by Crippen LogP contribution is -2.20. The Morgan fingerprint density at radius 1 is 1.03 bits per heavy atom. The van der Waals surface area contributed by atoms with E-state index in [4.69, 9.17) is 0 Å². The monoisotopic (exact) mass is 406 g/mol. The highest BCUT2D eigenvalue weighted by Crippen LogP contribution is 2.30. The first-order valence-electron chi connectivity index (χ1n) is 8.71. The van der Waals surface area contributed by atoms with E-state index in [2.05, 4.69) is 15.8 Å². The van der Waals surface area contributed by atoms with Crippen LogP contribution < -0.4 is 15.6 Å². The van der Waals surface area contributed by atoms with Crippen LogP contribution in [-0.4, -0.2) is 32.1 Å². The minimum absolute atomic E-state index is 0.0180. The third kappa shape index (κ3) is 7.28. The number of benzene rings is 2. The van der Waals surface area contributed by atoms with Gasteiger partial charge in [-0.15, -0.1) is 0 Å². The van der Waals surface area contributed by atoms with Crippen LogP contribution in [0.5, 0.6) is 0 Å². The van der Waals surface area contributed by atoms with Gasteiger partial charge in [-0.2, -0.15) is 18.3 Å². The van der Waals surface area contributed by atoms with Gasteiger partial charge in [0.05, 0.1) is 11.8 Å². The maximum atomic E-state index is 12.7. The SMILES string of the molecule is CN(C)c1ccc(C=NNC(=O)CCC(=O)Nc2cccc(C(F)(F)F)c2)cc1. The van der Waals surface area contributed by atoms with Crippen LogP contribution in [0.25, 0.3) is 0 Å². The minimum Gasteiger partial charge on any atom is -0.378 e. The fraction of sp³-hybridized carbons (Fsp3) is 0.250. The van der Waals surface area contributed by atoms with Crippen LogP contribution >= 0.6 is 0 Å². The Balaban J connectivity index is 1.78. The second-order valence-electron chi connectivity index (χ2n) is 6.41. The van der Waals surface area contributed by atoms with Gasteiger partial charge in [-0.05, 0) is 35.9 Å². The summed E-state index contributed by atoms with van der Waals surface area (Å²) in [6, 6.07) is 11.8. The van der Waals surface area contributed by atoms with Crippen LogP contribution in [0.4, 0.5) is 24.5 Å². The number of anilines is 2. The van der Waals surface area contributed by atoms with Gasteiger partial charge in [0.2, 0.25) is 11.8 Å². The van der Waals surface area contributed by atoms with Gasteiger partial charge in [-0.3, -0.25) is 9.59 Å². The molecule has 0 aliphatic heterocycles. The molecule has 0 saturated heterocycles. The topological polar surface area (TPSA) is 73.8 Å². The highest BCUT2D eigenvalue weighted by atomic mass is 19.4. The Morgan fingerprint density at radius 2 is 1.69 bits per heavy atom. The quantitative estimate of drug-likeness (QED) is 0.545. The van der Waals surface area contributed by atoms with Crippen LogP contribution in [0, 0.1) is 0 Å².